The summed E-state index contributed by atoms with van der Waals surface area (Å²) < 4.78 is 37.7. The lowest BCUT2D eigenvalue weighted by Gasteiger charge is -2.19. The van der Waals surface area contributed by atoms with Crippen molar-refractivity contribution in [2.24, 2.45) is 5.16 Å². The van der Waals surface area contributed by atoms with Gasteiger partial charge in [-0.3, -0.25) is 4.90 Å². The third kappa shape index (κ3) is 4.46. The van der Waals surface area contributed by atoms with Crippen LogP contribution >= 0.6 is 0 Å². The molecule has 0 aliphatic carbocycles. The van der Waals surface area contributed by atoms with Gasteiger partial charge in [0.15, 0.2) is 0 Å². The Morgan fingerprint density at radius 1 is 1.38 bits per heavy atom. The molecule has 0 amide bonds. The number of rotatable bonds is 4. The Morgan fingerprint density at radius 2 is 2.14 bits per heavy atom. The molecule has 0 spiro atoms. The first-order valence-corrected chi connectivity index (χ1v) is 6.97. The van der Waals surface area contributed by atoms with Gasteiger partial charge in [0.25, 0.3) is 0 Å². The maximum Gasteiger partial charge on any atom is 0.416 e. The minimum absolute atomic E-state index is 0.00875. The third-order valence-corrected chi connectivity index (χ3v) is 3.53. The highest BCUT2D eigenvalue weighted by molar-refractivity contribution is 5.79. The molecule has 0 aromatic heterocycles. The molecule has 0 radical (unpaired) electrons. The molecule has 116 valence electrons. The van der Waals surface area contributed by atoms with Gasteiger partial charge in [-0.2, -0.15) is 13.2 Å². The molecule has 1 fully saturated rings. The summed E-state index contributed by atoms with van der Waals surface area (Å²) in [6.07, 6.45) is -2.12. The fraction of sp³-hybridized carbons (Fsp3) is 0.533. The van der Waals surface area contributed by atoms with Crippen LogP contribution in [0.3, 0.4) is 0 Å². The topological polar surface area (TPSA) is 24.8 Å². The number of likely N-dealkylation sites (tertiary alicyclic amines) is 1. The van der Waals surface area contributed by atoms with E-state index in [9.17, 15) is 13.2 Å². The number of oxime groups is 1. The van der Waals surface area contributed by atoms with Crippen LogP contribution in [0.15, 0.2) is 29.4 Å². The molecule has 0 saturated carbocycles. The summed E-state index contributed by atoms with van der Waals surface area (Å²) in [5.74, 6) is 0. The molecule has 1 atom stereocenters. The molecule has 0 N–H and O–H groups in total. The molecule has 6 heteroatoms. The Hall–Kier alpha value is -1.56. The zero-order valence-electron chi connectivity index (χ0n) is 12.1. The highest BCUT2D eigenvalue weighted by Crippen LogP contribution is 2.29. The quantitative estimate of drug-likeness (QED) is 0.627. The van der Waals surface area contributed by atoms with Crippen LogP contribution in [0, 0.1) is 0 Å². The van der Waals surface area contributed by atoms with E-state index in [4.69, 9.17) is 4.84 Å². The van der Waals surface area contributed by atoms with Gasteiger partial charge < -0.3 is 4.84 Å². The second-order valence-electron chi connectivity index (χ2n) is 5.46. The van der Waals surface area contributed by atoms with Gasteiger partial charge in [-0.1, -0.05) is 17.3 Å². The van der Waals surface area contributed by atoms with Crippen molar-refractivity contribution in [3.05, 3.63) is 35.4 Å². The third-order valence-electron chi connectivity index (χ3n) is 3.53. The lowest BCUT2D eigenvalue weighted by Crippen LogP contribution is -2.29. The maximum atomic E-state index is 12.6. The lowest BCUT2D eigenvalue weighted by molar-refractivity contribution is -0.137. The van der Waals surface area contributed by atoms with Crippen LogP contribution in [0.4, 0.5) is 13.2 Å². The molecule has 2 rings (SSSR count). The van der Waals surface area contributed by atoms with E-state index in [1.807, 2.05) is 0 Å². The largest absolute Gasteiger partial charge is 0.416 e. The van der Waals surface area contributed by atoms with Gasteiger partial charge in [0.2, 0.25) is 0 Å². The van der Waals surface area contributed by atoms with Crippen LogP contribution < -0.4 is 0 Å². The molecular weight excluding hydrogens is 281 g/mol. The number of hydrogen-bond acceptors (Lipinski definition) is 3. The summed E-state index contributed by atoms with van der Waals surface area (Å²) in [4.78, 5) is 7.64. The van der Waals surface area contributed by atoms with Gasteiger partial charge in [-0.15, -0.1) is 0 Å². The number of nitrogens with zero attached hydrogens (tertiary/aromatic N) is 2. The summed E-state index contributed by atoms with van der Waals surface area (Å²) in [6.45, 7) is 6.00. The normalized spacial score (nSPS) is 20.6. The van der Waals surface area contributed by atoms with E-state index in [1.54, 1.807) is 6.07 Å². The average molecular weight is 300 g/mol. The van der Waals surface area contributed by atoms with Crippen LogP contribution in [-0.2, 0) is 11.0 Å². The highest BCUT2D eigenvalue weighted by atomic mass is 19.4. The van der Waals surface area contributed by atoms with E-state index in [1.165, 1.54) is 12.3 Å². The average Bonchev–Trinajstić information content (AvgIpc) is 2.87. The van der Waals surface area contributed by atoms with Crippen LogP contribution in [0.5, 0.6) is 0 Å². The molecule has 1 aromatic carbocycles. The van der Waals surface area contributed by atoms with E-state index in [2.05, 4.69) is 23.9 Å². The SMILES string of the molecule is CC(C)N1CCC(O/N=C/c2cccc(C(F)(F)F)c2)C1. The van der Waals surface area contributed by atoms with Crippen molar-refractivity contribution in [2.75, 3.05) is 13.1 Å². The van der Waals surface area contributed by atoms with Gasteiger partial charge in [0.05, 0.1) is 11.8 Å². The molecule has 1 heterocycles. The number of benzene rings is 1. The second kappa shape index (κ2) is 6.47. The Balaban J connectivity index is 1.91. The van der Waals surface area contributed by atoms with Crippen molar-refractivity contribution in [1.82, 2.24) is 4.90 Å². The van der Waals surface area contributed by atoms with Gasteiger partial charge >= 0.3 is 6.18 Å². The predicted molar refractivity (Wildman–Crippen MR) is 75.2 cm³/mol. The fourth-order valence-corrected chi connectivity index (χ4v) is 2.28. The second-order valence-corrected chi connectivity index (χ2v) is 5.46. The van der Waals surface area contributed by atoms with Crippen molar-refractivity contribution in [3.8, 4) is 0 Å². The number of hydrogen-bond donors (Lipinski definition) is 0. The van der Waals surface area contributed by atoms with Gasteiger partial charge in [-0.05, 0) is 31.5 Å². The molecule has 3 nitrogen and oxygen atoms in total. The molecule has 1 aliphatic rings. The van der Waals surface area contributed by atoms with Gasteiger partial charge in [0, 0.05) is 25.6 Å². The summed E-state index contributed by atoms with van der Waals surface area (Å²) in [5, 5.41) is 3.82. The Bertz CT molecular complexity index is 500. The first-order valence-electron chi connectivity index (χ1n) is 6.97. The number of alkyl halides is 3. The van der Waals surface area contributed by atoms with Crippen molar-refractivity contribution in [1.29, 1.82) is 0 Å². The molecule has 21 heavy (non-hydrogen) atoms. The molecule has 0 bridgehead atoms. The van der Waals surface area contributed by atoms with Crippen molar-refractivity contribution in [2.45, 2.75) is 38.6 Å². The smallest absolute Gasteiger partial charge is 0.391 e. The molecule has 1 unspecified atom stereocenters. The fourth-order valence-electron chi connectivity index (χ4n) is 2.28. The minimum atomic E-state index is -4.34. The summed E-state index contributed by atoms with van der Waals surface area (Å²) in [5.41, 5.74) is -0.304. The van der Waals surface area contributed by atoms with E-state index >= 15 is 0 Å². The molecule has 1 aromatic rings. The van der Waals surface area contributed by atoms with E-state index in [0.717, 1.165) is 31.6 Å². The summed E-state index contributed by atoms with van der Waals surface area (Å²) in [6, 6.07) is 5.49. The van der Waals surface area contributed by atoms with Crippen molar-refractivity contribution >= 4 is 6.21 Å². The van der Waals surface area contributed by atoms with Gasteiger partial charge in [0.1, 0.15) is 6.10 Å². The zero-order valence-corrected chi connectivity index (χ0v) is 12.1. The van der Waals surface area contributed by atoms with Crippen LogP contribution in [-0.4, -0.2) is 36.3 Å². The Morgan fingerprint density at radius 3 is 2.76 bits per heavy atom. The van der Waals surface area contributed by atoms with Crippen LogP contribution in [0.2, 0.25) is 0 Å². The van der Waals surface area contributed by atoms with Crippen LogP contribution in [0.1, 0.15) is 31.4 Å². The monoisotopic (exact) mass is 300 g/mol. The minimum Gasteiger partial charge on any atom is -0.391 e. The molecule has 1 aliphatic heterocycles. The number of halogens is 3. The lowest BCUT2D eigenvalue weighted by atomic mass is 10.1. The van der Waals surface area contributed by atoms with Crippen molar-refractivity contribution in [3.63, 3.8) is 0 Å². The van der Waals surface area contributed by atoms with Crippen LogP contribution in [0.25, 0.3) is 0 Å². The standard InChI is InChI=1S/C15H19F3N2O/c1-11(2)20-7-6-14(10-20)21-19-9-12-4-3-5-13(8-12)15(16,17)18/h3-5,8-9,11,14H,6-7,10H2,1-2H3/b19-9+. The van der Waals surface area contributed by atoms with E-state index in [0.29, 0.717) is 11.6 Å². The first-order chi connectivity index (χ1) is 9.86. The highest BCUT2D eigenvalue weighted by Gasteiger charge is 2.30. The van der Waals surface area contributed by atoms with Crippen molar-refractivity contribution < 1.29 is 18.0 Å². The Kier molecular flexibility index (Phi) is 4.88. The first kappa shape index (κ1) is 15.8. The summed E-state index contributed by atoms with van der Waals surface area (Å²) >= 11 is 0. The molecular formula is C15H19F3N2O. The maximum absolute atomic E-state index is 12.6. The summed E-state index contributed by atoms with van der Waals surface area (Å²) in [7, 11) is 0. The zero-order chi connectivity index (χ0) is 15.5. The Labute approximate surface area is 122 Å². The molecule has 1 saturated heterocycles. The van der Waals surface area contributed by atoms with Gasteiger partial charge in [-0.25, -0.2) is 0 Å². The van der Waals surface area contributed by atoms with E-state index < -0.39 is 11.7 Å². The van der Waals surface area contributed by atoms with E-state index in [-0.39, 0.29) is 6.10 Å². The predicted octanol–water partition coefficient (Wildman–Crippen LogP) is 3.54.